The van der Waals surface area contributed by atoms with Crippen molar-refractivity contribution in [1.82, 2.24) is 4.57 Å². The van der Waals surface area contributed by atoms with Gasteiger partial charge in [-0.25, -0.2) is 0 Å². The van der Waals surface area contributed by atoms with Crippen LogP contribution in [-0.4, -0.2) is 4.57 Å². The first-order valence-corrected chi connectivity index (χ1v) is 16.7. The Morgan fingerprint density at radius 3 is 2.02 bits per heavy atom. The van der Waals surface area contributed by atoms with Gasteiger partial charge in [0.1, 0.15) is 11.1 Å². The maximum Gasteiger partial charge on any atom is 0.161 e. The predicted octanol–water partition coefficient (Wildman–Crippen LogP) is 11.4. The fourth-order valence-electron chi connectivity index (χ4n) is 8.83. The molecule has 0 radical (unpaired) electrons. The minimum absolute atomic E-state index is 0.588. The summed E-state index contributed by atoms with van der Waals surface area (Å²) in [5.74, 6) is 0. The monoisotopic (exact) mass is 622 g/mol. The van der Waals surface area contributed by atoms with Crippen LogP contribution in [0.2, 0.25) is 0 Å². The Morgan fingerprint density at radius 1 is 0.490 bits per heavy atom. The fraction of sp³-hybridized carbons (Fsp3) is 0.0217. The maximum absolute atomic E-state index is 9.48. The van der Waals surface area contributed by atoms with Gasteiger partial charge in [-0.3, -0.25) is 0 Å². The molecule has 1 unspecified atom stereocenters. The van der Waals surface area contributed by atoms with Gasteiger partial charge in [-0.15, -0.1) is 0 Å². The van der Waals surface area contributed by atoms with Gasteiger partial charge in [-0.2, -0.15) is 5.26 Å². The van der Waals surface area contributed by atoms with Crippen LogP contribution in [0.3, 0.4) is 0 Å². The van der Waals surface area contributed by atoms with Crippen LogP contribution in [0.5, 0.6) is 0 Å². The van der Waals surface area contributed by atoms with Crippen molar-refractivity contribution in [3.63, 3.8) is 0 Å². The summed E-state index contributed by atoms with van der Waals surface area (Å²) in [5.41, 5.74) is 17.5. The van der Waals surface area contributed by atoms with E-state index in [4.69, 9.17) is 4.42 Å². The van der Waals surface area contributed by atoms with Crippen molar-refractivity contribution in [3.8, 4) is 45.1 Å². The van der Waals surface area contributed by atoms with E-state index in [0.717, 1.165) is 44.1 Å². The highest BCUT2D eigenvalue weighted by Crippen LogP contribution is 2.62. The van der Waals surface area contributed by atoms with Crippen LogP contribution in [0.4, 0.5) is 0 Å². The highest BCUT2D eigenvalue weighted by atomic mass is 16.3. The van der Waals surface area contributed by atoms with Crippen LogP contribution in [0.1, 0.15) is 27.8 Å². The van der Waals surface area contributed by atoms with Crippen molar-refractivity contribution >= 4 is 33.0 Å². The normalized spacial score (nSPS) is 15.4. The lowest BCUT2D eigenvalue weighted by atomic mass is 9.65. The predicted molar refractivity (Wildman–Crippen MR) is 197 cm³/mol. The Balaban J connectivity index is 1.35. The van der Waals surface area contributed by atoms with Crippen LogP contribution in [0.15, 0.2) is 162 Å². The molecule has 1 atom stereocenters. The summed E-state index contributed by atoms with van der Waals surface area (Å²) in [5, 5.41) is 11.7. The number of aromatic nitrogens is 1. The van der Waals surface area contributed by atoms with E-state index < -0.39 is 5.41 Å². The molecule has 0 amide bonds. The quantitative estimate of drug-likeness (QED) is 0.192. The molecule has 49 heavy (non-hydrogen) atoms. The van der Waals surface area contributed by atoms with E-state index in [9.17, 15) is 5.26 Å². The standard InChI is InChI=1S/C46H26N2O/c47-27-28-18-20-30(21-19-28)31-22-23-34-33-12-4-6-14-37(33)46(39(34)25-31)38-15-7-8-16-41(38)48-43-36(45-44(48)35-13-5-9-17-42(35)49-45)24-32(26-40(43)46)29-10-2-1-3-11-29/h1-26H. The molecule has 226 valence electrons. The molecule has 3 nitrogen and oxygen atoms in total. The zero-order valence-electron chi connectivity index (χ0n) is 26.3. The van der Waals surface area contributed by atoms with Gasteiger partial charge in [0.15, 0.2) is 5.58 Å². The number of hydrogen-bond acceptors (Lipinski definition) is 2. The zero-order chi connectivity index (χ0) is 32.3. The molecule has 0 saturated heterocycles. The number of para-hydroxylation sites is 2. The lowest BCUT2D eigenvalue weighted by Crippen LogP contribution is -2.33. The van der Waals surface area contributed by atoms with E-state index in [2.05, 4.69) is 150 Å². The third kappa shape index (κ3) is 3.30. The topological polar surface area (TPSA) is 41.9 Å². The number of fused-ring (bicyclic) bond motifs is 14. The van der Waals surface area contributed by atoms with Crippen LogP contribution in [0, 0.1) is 11.3 Å². The lowest BCUT2D eigenvalue weighted by molar-refractivity contribution is 0.673. The second-order valence-electron chi connectivity index (χ2n) is 13.2. The highest BCUT2D eigenvalue weighted by molar-refractivity contribution is 6.19. The second kappa shape index (κ2) is 9.47. The van der Waals surface area contributed by atoms with E-state index >= 15 is 0 Å². The highest BCUT2D eigenvalue weighted by Gasteiger charge is 2.51. The van der Waals surface area contributed by atoms with Crippen molar-refractivity contribution in [2.24, 2.45) is 0 Å². The Hall–Kier alpha value is -6.63. The van der Waals surface area contributed by atoms with Crippen LogP contribution >= 0.6 is 0 Å². The molecule has 0 saturated carbocycles. The van der Waals surface area contributed by atoms with Gasteiger partial charge in [-0.05, 0) is 104 Å². The summed E-state index contributed by atoms with van der Waals surface area (Å²) >= 11 is 0. The van der Waals surface area contributed by atoms with E-state index in [0.29, 0.717) is 5.56 Å². The molecule has 0 N–H and O–H groups in total. The Kier molecular flexibility index (Phi) is 5.11. The average Bonchev–Trinajstić information content (AvgIpc) is 3.80. The van der Waals surface area contributed by atoms with Crippen molar-refractivity contribution in [2.45, 2.75) is 5.41 Å². The molecule has 0 fully saturated rings. The van der Waals surface area contributed by atoms with E-state index in [1.165, 1.54) is 50.1 Å². The number of hydrogen-bond donors (Lipinski definition) is 0. The molecule has 1 aliphatic carbocycles. The van der Waals surface area contributed by atoms with Crippen molar-refractivity contribution < 1.29 is 4.42 Å². The molecule has 1 spiro atoms. The average molecular weight is 623 g/mol. The summed E-state index contributed by atoms with van der Waals surface area (Å²) < 4.78 is 9.24. The number of furan rings is 1. The molecular formula is C46H26N2O. The molecule has 1 aliphatic heterocycles. The smallest absolute Gasteiger partial charge is 0.161 e. The summed E-state index contributed by atoms with van der Waals surface area (Å²) in [6.45, 7) is 0. The second-order valence-corrected chi connectivity index (χ2v) is 13.2. The maximum atomic E-state index is 9.48. The van der Waals surface area contributed by atoms with Gasteiger partial charge in [0, 0.05) is 10.8 Å². The van der Waals surface area contributed by atoms with E-state index in [1.54, 1.807) is 0 Å². The molecule has 7 aromatic carbocycles. The van der Waals surface area contributed by atoms with Crippen LogP contribution < -0.4 is 0 Å². The van der Waals surface area contributed by atoms with E-state index in [1.807, 2.05) is 18.2 Å². The van der Waals surface area contributed by atoms with Gasteiger partial charge in [-0.1, -0.05) is 109 Å². The SMILES string of the molecule is N#Cc1ccc(-c2ccc3c(c2)C2(c4ccccc4-3)c3ccccc3-n3c4c2cc(-c2ccccc2)cc4c2oc4ccccc4c23)cc1. The third-order valence-corrected chi connectivity index (χ3v) is 10.8. The number of rotatable bonds is 2. The molecular weight excluding hydrogens is 597 g/mol. The fourth-order valence-corrected chi connectivity index (χ4v) is 8.83. The Labute approximate surface area is 282 Å². The zero-order valence-corrected chi connectivity index (χ0v) is 26.3. The molecule has 9 aromatic rings. The molecule has 0 bridgehead atoms. The number of benzene rings is 7. The van der Waals surface area contributed by atoms with E-state index in [-0.39, 0.29) is 0 Å². The van der Waals surface area contributed by atoms with Crippen LogP contribution in [0.25, 0.3) is 72.0 Å². The van der Waals surface area contributed by atoms with Gasteiger partial charge in [0.05, 0.1) is 28.3 Å². The summed E-state index contributed by atoms with van der Waals surface area (Å²) in [7, 11) is 0. The first-order chi connectivity index (χ1) is 24.3. The summed E-state index contributed by atoms with van der Waals surface area (Å²) in [6.07, 6.45) is 0. The summed E-state index contributed by atoms with van der Waals surface area (Å²) in [6, 6.07) is 58.8. The van der Waals surface area contributed by atoms with Crippen LogP contribution in [-0.2, 0) is 5.41 Å². The third-order valence-electron chi connectivity index (χ3n) is 10.8. The van der Waals surface area contributed by atoms with Gasteiger partial charge >= 0.3 is 0 Å². The number of nitrogens with zero attached hydrogens (tertiary/aromatic N) is 2. The first kappa shape index (κ1) is 26.4. The molecule has 3 heteroatoms. The lowest BCUT2D eigenvalue weighted by Gasteiger charge is -2.40. The minimum Gasteiger partial charge on any atom is -0.454 e. The largest absolute Gasteiger partial charge is 0.454 e. The van der Waals surface area contributed by atoms with Gasteiger partial charge in [0.25, 0.3) is 0 Å². The minimum atomic E-state index is -0.588. The van der Waals surface area contributed by atoms with Gasteiger partial charge in [0.2, 0.25) is 0 Å². The summed E-state index contributed by atoms with van der Waals surface area (Å²) in [4.78, 5) is 0. The molecule has 2 aromatic heterocycles. The Bertz CT molecular complexity index is 2880. The van der Waals surface area contributed by atoms with Crippen molar-refractivity contribution in [1.29, 1.82) is 5.26 Å². The number of nitriles is 1. The first-order valence-electron chi connectivity index (χ1n) is 16.7. The molecule has 2 aliphatic rings. The van der Waals surface area contributed by atoms with Crippen molar-refractivity contribution in [2.75, 3.05) is 0 Å². The van der Waals surface area contributed by atoms with Gasteiger partial charge < -0.3 is 8.98 Å². The molecule has 3 heterocycles. The Morgan fingerprint density at radius 2 is 1.16 bits per heavy atom. The van der Waals surface area contributed by atoms with Crippen molar-refractivity contribution in [3.05, 3.63) is 186 Å². The molecule has 11 rings (SSSR count).